The fourth-order valence-electron chi connectivity index (χ4n) is 0.807. The summed E-state index contributed by atoms with van der Waals surface area (Å²) >= 11 is 1.73. The Hall–Kier alpha value is -0.960. The van der Waals surface area contributed by atoms with Gasteiger partial charge in [0.15, 0.2) is 0 Å². The number of pyridine rings is 1. The van der Waals surface area contributed by atoms with E-state index >= 15 is 0 Å². The van der Waals surface area contributed by atoms with E-state index in [0.717, 1.165) is 17.2 Å². The zero-order valence-corrected chi connectivity index (χ0v) is 8.60. The van der Waals surface area contributed by atoms with Crippen molar-refractivity contribution < 1.29 is 0 Å². The first-order valence-corrected chi connectivity index (χ1v) is 5.16. The summed E-state index contributed by atoms with van der Waals surface area (Å²) in [6.07, 6.45) is 2.72. The molecule has 0 saturated heterocycles. The van der Waals surface area contributed by atoms with Crippen LogP contribution in [0, 0.1) is 0 Å². The lowest BCUT2D eigenvalue weighted by atomic mass is 10.3. The molecule has 2 nitrogen and oxygen atoms in total. The lowest BCUT2D eigenvalue weighted by Gasteiger charge is -2.00. The highest BCUT2D eigenvalue weighted by molar-refractivity contribution is 7.99. The van der Waals surface area contributed by atoms with E-state index in [2.05, 4.69) is 11.6 Å². The fraction of sp³-hybridized carbons (Fsp3) is 0.300. The third-order valence-electron chi connectivity index (χ3n) is 1.54. The molecule has 1 aromatic rings. The van der Waals surface area contributed by atoms with Crippen LogP contribution in [-0.4, -0.2) is 10.7 Å². The van der Waals surface area contributed by atoms with Gasteiger partial charge in [0.2, 0.25) is 0 Å². The van der Waals surface area contributed by atoms with Crippen LogP contribution in [0.2, 0.25) is 0 Å². The van der Waals surface area contributed by atoms with E-state index in [0.29, 0.717) is 5.69 Å². The largest absolute Gasteiger partial charge is 0.397 e. The maximum absolute atomic E-state index is 5.52. The lowest BCUT2D eigenvalue weighted by molar-refractivity contribution is 1.10. The van der Waals surface area contributed by atoms with Crippen LogP contribution in [0.4, 0.5) is 5.69 Å². The summed E-state index contributed by atoms with van der Waals surface area (Å²) in [7, 11) is 0. The van der Waals surface area contributed by atoms with Crippen LogP contribution in [0.5, 0.6) is 0 Å². The number of rotatable bonds is 4. The van der Waals surface area contributed by atoms with Crippen molar-refractivity contribution in [1.82, 2.24) is 4.98 Å². The first-order chi connectivity index (χ1) is 6.18. The summed E-state index contributed by atoms with van der Waals surface area (Å²) in [5, 5.41) is 1.02. The second-order valence-electron chi connectivity index (χ2n) is 2.99. The molecule has 13 heavy (non-hydrogen) atoms. The Morgan fingerprint density at radius 1 is 1.62 bits per heavy atom. The quantitative estimate of drug-likeness (QED) is 0.591. The van der Waals surface area contributed by atoms with E-state index in [1.165, 1.54) is 5.57 Å². The van der Waals surface area contributed by atoms with Crippen molar-refractivity contribution >= 4 is 17.4 Å². The fourth-order valence-corrected chi connectivity index (χ4v) is 1.76. The van der Waals surface area contributed by atoms with E-state index in [1.807, 2.05) is 19.1 Å². The number of aromatic nitrogens is 1. The molecule has 0 radical (unpaired) electrons. The first-order valence-electron chi connectivity index (χ1n) is 4.17. The minimum Gasteiger partial charge on any atom is -0.397 e. The molecule has 0 bridgehead atoms. The molecule has 2 N–H and O–H groups in total. The third kappa shape index (κ3) is 3.99. The van der Waals surface area contributed by atoms with Crippen molar-refractivity contribution in [1.29, 1.82) is 0 Å². The highest BCUT2D eigenvalue weighted by atomic mass is 32.2. The molecule has 0 aromatic carbocycles. The Kier molecular flexibility index (Phi) is 3.83. The average molecular weight is 194 g/mol. The molecule has 0 aliphatic rings. The molecule has 0 amide bonds. The molecule has 0 atom stereocenters. The van der Waals surface area contributed by atoms with Gasteiger partial charge in [-0.25, -0.2) is 4.98 Å². The molecular formula is C10H14N2S. The summed E-state index contributed by atoms with van der Waals surface area (Å²) in [5.41, 5.74) is 7.44. The molecule has 1 aromatic heterocycles. The van der Waals surface area contributed by atoms with Gasteiger partial charge in [0.25, 0.3) is 0 Å². The van der Waals surface area contributed by atoms with Gasteiger partial charge in [-0.15, -0.1) is 18.3 Å². The smallest absolute Gasteiger partial charge is 0.0961 e. The van der Waals surface area contributed by atoms with Gasteiger partial charge in [-0.2, -0.15) is 0 Å². The van der Waals surface area contributed by atoms with Crippen molar-refractivity contribution in [2.24, 2.45) is 0 Å². The number of thioether (sulfide) groups is 1. The van der Waals surface area contributed by atoms with Crippen LogP contribution < -0.4 is 5.73 Å². The maximum Gasteiger partial charge on any atom is 0.0961 e. The Morgan fingerprint density at radius 3 is 2.92 bits per heavy atom. The van der Waals surface area contributed by atoms with E-state index in [4.69, 9.17) is 5.73 Å². The Morgan fingerprint density at radius 2 is 2.38 bits per heavy atom. The summed E-state index contributed by atoms with van der Waals surface area (Å²) in [6.45, 7) is 5.89. The number of allylic oxidation sites excluding steroid dienone is 1. The van der Waals surface area contributed by atoms with Crippen molar-refractivity contribution in [2.75, 3.05) is 11.5 Å². The van der Waals surface area contributed by atoms with Gasteiger partial charge < -0.3 is 5.73 Å². The van der Waals surface area contributed by atoms with Crippen LogP contribution in [-0.2, 0) is 0 Å². The predicted molar refractivity (Wildman–Crippen MR) is 58.8 cm³/mol. The standard InChI is InChI=1S/C10H14N2S/c1-8(2)5-6-13-10-4-3-9(11)7-12-10/h3-4,7H,1,5-6,11H2,2H3. The average Bonchev–Trinajstić information content (AvgIpc) is 2.08. The topological polar surface area (TPSA) is 38.9 Å². The van der Waals surface area contributed by atoms with Gasteiger partial charge in [0.1, 0.15) is 0 Å². The van der Waals surface area contributed by atoms with Crippen LogP contribution in [0.25, 0.3) is 0 Å². The van der Waals surface area contributed by atoms with E-state index in [9.17, 15) is 0 Å². The molecule has 1 rings (SSSR count). The number of nitrogens with zero attached hydrogens (tertiary/aromatic N) is 1. The van der Waals surface area contributed by atoms with E-state index in [-0.39, 0.29) is 0 Å². The SMILES string of the molecule is C=C(C)CCSc1ccc(N)cn1. The molecule has 0 saturated carbocycles. The summed E-state index contributed by atoms with van der Waals surface area (Å²) in [6, 6.07) is 3.81. The van der Waals surface area contributed by atoms with Crippen LogP contribution in [0.15, 0.2) is 35.5 Å². The van der Waals surface area contributed by atoms with E-state index < -0.39 is 0 Å². The molecule has 0 spiro atoms. The molecule has 0 unspecified atom stereocenters. The van der Waals surface area contributed by atoms with Crippen LogP contribution in [0.3, 0.4) is 0 Å². The Balaban J connectivity index is 2.37. The first kappa shape index (κ1) is 10.1. The van der Waals surface area contributed by atoms with Gasteiger partial charge in [0.05, 0.1) is 16.9 Å². The maximum atomic E-state index is 5.52. The molecule has 0 aliphatic carbocycles. The van der Waals surface area contributed by atoms with Crippen LogP contribution in [0.1, 0.15) is 13.3 Å². The monoisotopic (exact) mass is 194 g/mol. The number of hydrogen-bond acceptors (Lipinski definition) is 3. The van der Waals surface area contributed by atoms with Gasteiger partial charge >= 0.3 is 0 Å². The molecule has 0 fully saturated rings. The zero-order valence-electron chi connectivity index (χ0n) is 7.79. The highest BCUT2D eigenvalue weighted by Gasteiger charge is 1.94. The van der Waals surface area contributed by atoms with Crippen molar-refractivity contribution in [2.45, 2.75) is 18.4 Å². The van der Waals surface area contributed by atoms with Gasteiger partial charge in [-0.05, 0) is 25.5 Å². The minimum atomic E-state index is 0.712. The molecular weight excluding hydrogens is 180 g/mol. The minimum absolute atomic E-state index is 0.712. The van der Waals surface area contributed by atoms with Crippen LogP contribution >= 0.6 is 11.8 Å². The van der Waals surface area contributed by atoms with Crippen molar-refractivity contribution in [3.8, 4) is 0 Å². The number of hydrogen-bond donors (Lipinski definition) is 1. The number of nitrogen functional groups attached to an aromatic ring is 1. The summed E-state index contributed by atoms with van der Waals surface area (Å²) < 4.78 is 0. The second-order valence-corrected chi connectivity index (χ2v) is 4.10. The Bertz CT molecular complexity index is 279. The molecule has 3 heteroatoms. The lowest BCUT2D eigenvalue weighted by Crippen LogP contribution is -1.87. The molecule has 1 heterocycles. The highest BCUT2D eigenvalue weighted by Crippen LogP contribution is 2.17. The second kappa shape index (κ2) is 4.92. The Labute approximate surface area is 83.2 Å². The molecule has 0 aliphatic heterocycles. The summed E-state index contributed by atoms with van der Waals surface area (Å²) in [5.74, 6) is 1.03. The van der Waals surface area contributed by atoms with E-state index in [1.54, 1.807) is 18.0 Å². The number of nitrogens with two attached hydrogens (primary N) is 1. The normalized spacial score (nSPS) is 9.92. The van der Waals surface area contributed by atoms with Gasteiger partial charge in [-0.1, -0.05) is 5.57 Å². The zero-order chi connectivity index (χ0) is 9.68. The third-order valence-corrected chi connectivity index (χ3v) is 2.48. The predicted octanol–water partition coefficient (Wildman–Crippen LogP) is 2.72. The van der Waals surface area contributed by atoms with Crippen molar-refractivity contribution in [3.63, 3.8) is 0 Å². The molecule has 70 valence electrons. The van der Waals surface area contributed by atoms with Gasteiger partial charge in [0, 0.05) is 5.75 Å². The van der Waals surface area contributed by atoms with Crippen molar-refractivity contribution in [3.05, 3.63) is 30.5 Å². The van der Waals surface area contributed by atoms with Gasteiger partial charge in [-0.3, -0.25) is 0 Å². The number of anilines is 1. The summed E-state index contributed by atoms with van der Waals surface area (Å²) in [4.78, 5) is 4.18.